The van der Waals surface area contributed by atoms with Crippen LogP contribution >= 0.6 is 11.6 Å². The minimum Gasteiger partial charge on any atom is -0.477 e. The average molecular weight is 399 g/mol. The third kappa shape index (κ3) is 4.60. The number of aromatic nitrogens is 1. The molecule has 1 N–H and O–H groups in total. The lowest BCUT2D eigenvalue weighted by molar-refractivity contribution is -0.385. The second-order valence-electron chi connectivity index (χ2n) is 5.87. The van der Waals surface area contributed by atoms with E-state index in [4.69, 9.17) is 16.3 Å². The molecular formula is C19H15ClN4O4. The second-order valence-corrected chi connectivity index (χ2v) is 6.23. The van der Waals surface area contributed by atoms with E-state index in [9.17, 15) is 14.9 Å². The lowest BCUT2D eigenvalue weighted by Gasteiger charge is -2.05. The number of benzene rings is 2. The molecule has 0 aliphatic heterocycles. The first-order valence-corrected chi connectivity index (χ1v) is 8.57. The highest BCUT2D eigenvalue weighted by atomic mass is 35.5. The summed E-state index contributed by atoms with van der Waals surface area (Å²) in [5.74, 6) is -0.571. The Morgan fingerprint density at radius 1 is 1.32 bits per heavy atom. The van der Waals surface area contributed by atoms with Crippen LogP contribution in [0.15, 0.2) is 53.6 Å². The van der Waals surface area contributed by atoms with Crippen LogP contribution < -0.4 is 10.2 Å². The van der Waals surface area contributed by atoms with Gasteiger partial charge in [0.15, 0.2) is 12.4 Å². The fourth-order valence-corrected chi connectivity index (χ4v) is 2.63. The smallest absolute Gasteiger partial charge is 0.310 e. The van der Waals surface area contributed by atoms with E-state index in [1.54, 1.807) is 6.07 Å². The molecule has 0 saturated heterocycles. The van der Waals surface area contributed by atoms with E-state index in [1.807, 2.05) is 31.2 Å². The number of ether oxygens (including phenoxy) is 1. The molecule has 0 unspecified atom stereocenters. The number of para-hydroxylation sites is 2. The predicted octanol–water partition coefficient (Wildman–Crippen LogP) is 3.63. The van der Waals surface area contributed by atoms with Gasteiger partial charge < -0.3 is 4.74 Å². The highest BCUT2D eigenvalue weighted by molar-refractivity contribution is 6.32. The molecule has 1 aromatic heterocycles. The number of pyridine rings is 1. The number of nitrogens with zero attached hydrogens (tertiary/aromatic N) is 3. The summed E-state index contributed by atoms with van der Waals surface area (Å²) in [6.45, 7) is 1.54. The molecule has 0 aliphatic carbocycles. The zero-order valence-electron chi connectivity index (χ0n) is 14.8. The van der Waals surface area contributed by atoms with Crippen molar-refractivity contribution in [3.63, 3.8) is 0 Å². The average Bonchev–Trinajstić information content (AvgIpc) is 2.67. The standard InChI is InChI=1S/C19H15ClN4O4/c1-12-6-7-13-9-14(19(20)22-15(13)8-12)10-21-23-18(25)11-28-17-5-3-2-4-16(17)24(26)27/h2-10H,11H2,1H3,(H,23,25). The monoisotopic (exact) mass is 398 g/mol. The third-order valence-corrected chi connectivity index (χ3v) is 4.07. The van der Waals surface area contributed by atoms with Crippen molar-refractivity contribution in [3.05, 3.63) is 74.9 Å². The number of carbonyl (C=O) groups is 1. The molecule has 0 radical (unpaired) electrons. The molecule has 3 rings (SSSR count). The maximum atomic E-state index is 11.9. The van der Waals surface area contributed by atoms with Gasteiger partial charge >= 0.3 is 5.69 Å². The van der Waals surface area contributed by atoms with Crippen molar-refractivity contribution in [2.75, 3.05) is 6.61 Å². The zero-order chi connectivity index (χ0) is 20.1. The second kappa shape index (κ2) is 8.45. The molecule has 0 atom stereocenters. The SMILES string of the molecule is Cc1ccc2cc(C=NNC(=O)COc3ccccc3[N+](=O)[O-])c(Cl)nc2c1. The van der Waals surface area contributed by atoms with Gasteiger partial charge in [-0.3, -0.25) is 14.9 Å². The molecule has 142 valence electrons. The van der Waals surface area contributed by atoms with Gasteiger partial charge in [0, 0.05) is 17.0 Å². The first kappa shape index (κ1) is 19.2. The molecular weight excluding hydrogens is 384 g/mol. The number of hydrogen-bond donors (Lipinski definition) is 1. The fraction of sp³-hybridized carbons (Fsp3) is 0.105. The Balaban J connectivity index is 1.62. The van der Waals surface area contributed by atoms with E-state index in [0.717, 1.165) is 16.5 Å². The number of rotatable bonds is 6. The maximum absolute atomic E-state index is 11.9. The molecule has 1 heterocycles. The van der Waals surface area contributed by atoms with Gasteiger partial charge in [0.05, 0.1) is 16.7 Å². The molecule has 0 spiro atoms. The minimum absolute atomic E-state index is 0.00342. The molecule has 1 amide bonds. The summed E-state index contributed by atoms with van der Waals surface area (Å²) in [5.41, 5.74) is 4.44. The summed E-state index contributed by atoms with van der Waals surface area (Å²) in [7, 11) is 0. The van der Waals surface area contributed by atoms with Gasteiger partial charge in [0.2, 0.25) is 0 Å². The van der Waals surface area contributed by atoms with Gasteiger partial charge in [0.25, 0.3) is 5.91 Å². The number of aryl methyl sites for hydroxylation is 1. The summed E-state index contributed by atoms with van der Waals surface area (Å²) >= 11 is 6.16. The van der Waals surface area contributed by atoms with Crippen LogP contribution in [0.1, 0.15) is 11.1 Å². The number of amides is 1. The summed E-state index contributed by atoms with van der Waals surface area (Å²) in [6, 6.07) is 13.4. The molecule has 28 heavy (non-hydrogen) atoms. The lowest BCUT2D eigenvalue weighted by atomic mass is 10.1. The first-order chi connectivity index (χ1) is 13.4. The van der Waals surface area contributed by atoms with Crippen molar-refractivity contribution in [1.82, 2.24) is 10.4 Å². The third-order valence-electron chi connectivity index (χ3n) is 3.77. The van der Waals surface area contributed by atoms with E-state index < -0.39 is 17.4 Å². The highest BCUT2D eigenvalue weighted by Gasteiger charge is 2.14. The predicted molar refractivity (Wildman–Crippen MR) is 106 cm³/mol. The quantitative estimate of drug-likeness (QED) is 0.295. The van der Waals surface area contributed by atoms with Crippen LogP contribution in [0.4, 0.5) is 5.69 Å². The first-order valence-electron chi connectivity index (χ1n) is 8.19. The largest absolute Gasteiger partial charge is 0.477 e. The number of nitro groups is 1. The molecule has 2 aromatic carbocycles. The minimum atomic E-state index is -0.582. The fourth-order valence-electron chi connectivity index (χ4n) is 2.44. The van der Waals surface area contributed by atoms with Crippen LogP contribution in [0.25, 0.3) is 10.9 Å². The van der Waals surface area contributed by atoms with Crippen molar-refractivity contribution in [2.24, 2.45) is 5.10 Å². The normalized spacial score (nSPS) is 10.9. The van der Waals surface area contributed by atoms with Crippen molar-refractivity contribution < 1.29 is 14.5 Å². The Labute approximate surface area is 164 Å². The molecule has 8 nitrogen and oxygen atoms in total. The van der Waals surface area contributed by atoms with Crippen LogP contribution in [-0.2, 0) is 4.79 Å². The van der Waals surface area contributed by atoms with Crippen molar-refractivity contribution in [3.8, 4) is 5.75 Å². The number of nitro benzene ring substituents is 1. The highest BCUT2D eigenvalue weighted by Crippen LogP contribution is 2.25. The zero-order valence-corrected chi connectivity index (χ0v) is 15.5. The van der Waals surface area contributed by atoms with Crippen LogP contribution in [-0.4, -0.2) is 28.6 Å². The Kier molecular flexibility index (Phi) is 5.81. The van der Waals surface area contributed by atoms with Crippen molar-refractivity contribution in [2.45, 2.75) is 6.92 Å². The Morgan fingerprint density at radius 2 is 2.11 bits per heavy atom. The molecule has 9 heteroatoms. The molecule has 3 aromatic rings. The van der Waals surface area contributed by atoms with E-state index >= 15 is 0 Å². The maximum Gasteiger partial charge on any atom is 0.310 e. The number of hydrogen-bond acceptors (Lipinski definition) is 6. The summed E-state index contributed by atoms with van der Waals surface area (Å²) < 4.78 is 5.19. The van der Waals surface area contributed by atoms with Gasteiger partial charge in [-0.15, -0.1) is 0 Å². The van der Waals surface area contributed by atoms with Crippen LogP contribution in [0, 0.1) is 17.0 Å². The topological polar surface area (TPSA) is 107 Å². The van der Waals surface area contributed by atoms with Crippen molar-refractivity contribution in [1.29, 1.82) is 0 Å². The van der Waals surface area contributed by atoms with Gasteiger partial charge in [0.1, 0.15) is 5.15 Å². The van der Waals surface area contributed by atoms with E-state index in [1.165, 1.54) is 24.4 Å². The van der Waals surface area contributed by atoms with Crippen LogP contribution in [0.3, 0.4) is 0 Å². The van der Waals surface area contributed by atoms with Gasteiger partial charge in [-0.1, -0.05) is 35.9 Å². The molecule has 0 aliphatic rings. The van der Waals surface area contributed by atoms with Gasteiger partial charge in [-0.05, 0) is 30.7 Å². The Morgan fingerprint density at radius 3 is 2.89 bits per heavy atom. The summed E-state index contributed by atoms with van der Waals surface area (Å²) in [5, 5.41) is 15.9. The van der Waals surface area contributed by atoms with Gasteiger partial charge in [-0.25, -0.2) is 10.4 Å². The van der Waals surface area contributed by atoms with Crippen LogP contribution in [0.5, 0.6) is 5.75 Å². The molecule has 0 fully saturated rings. The lowest BCUT2D eigenvalue weighted by Crippen LogP contribution is -2.24. The molecule has 0 bridgehead atoms. The van der Waals surface area contributed by atoms with Gasteiger partial charge in [-0.2, -0.15) is 5.10 Å². The Hall–Kier alpha value is -3.52. The number of hydrazone groups is 1. The number of halogens is 1. The number of carbonyl (C=O) groups excluding carboxylic acids is 1. The number of nitrogens with one attached hydrogen (secondary N) is 1. The Bertz CT molecular complexity index is 1080. The molecule has 0 saturated carbocycles. The van der Waals surface area contributed by atoms with E-state index in [0.29, 0.717) is 5.56 Å². The number of fused-ring (bicyclic) bond motifs is 1. The van der Waals surface area contributed by atoms with E-state index in [-0.39, 0.29) is 16.6 Å². The summed E-state index contributed by atoms with van der Waals surface area (Å²) in [6.07, 6.45) is 1.37. The van der Waals surface area contributed by atoms with E-state index in [2.05, 4.69) is 15.5 Å². The summed E-state index contributed by atoms with van der Waals surface area (Å²) in [4.78, 5) is 26.5. The van der Waals surface area contributed by atoms with Crippen molar-refractivity contribution >= 4 is 40.3 Å². The van der Waals surface area contributed by atoms with Crippen LogP contribution in [0.2, 0.25) is 5.15 Å².